The van der Waals surface area contributed by atoms with Gasteiger partial charge in [-0.2, -0.15) is 0 Å². The Morgan fingerprint density at radius 2 is 2.44 bits per heavy atom. The molecule has 1 amide bonds. The highest BCUT2D eigenvalue weighted by Gasteiger charge is 2.23. The molecule has 0 bridgehead atoms. The zero-order valence-electron chi connectivity index (χ0n) is 10.2. The Balaban J connectivity index is 1.87. The van der Waals surface area contributed by atoms with E-state index in [4.69, 9.17) is 9.57 Å². The van der Waals surface area contributed by atoms with E-state index in [1.165, 1.54) is 6.92 Å². The number of para-hydroxylation sites is 1. The quantitative estimate of drug-likeness (QED) is 0.771. The number of rotatable bonds is 5. The number of anilines is 1. The summed E-state index contributed by atoms with van der Waals surface area (Å²) in [5.74, 6) is 0.529. The van der Waals surface area contributed by atoms with E-state index in [1.807, 2.05) is 12.1 Å². The van der Waals surface area contributed by atoms with Crippen LogP contribution in [0, 0.1) is 0 Å². The molecule has 0 aliphatic carbocycles. The van der Waals surface area contributed by atoms with Gasteiger partial charge in [-0.3, -0.25) is 10.0 Å². The molecule has 0 radical (unpaired) electrons. The highest BCUT2D eigenvalue weighted by Crippen LogP contribution is 2.36. The zero-order chi connectivity index (χ0) is 13.0. The minimum absolute atomic E-state index is 0.0504. The Hall–Kier alpha value is -1.79. The van der Waals surface area contributed by atoms with E-state index in [0.717, 1.165) is 10.8 Å². The van der Waals surface area contributed by atoms with Gasteiger partial charge in [0.05, 0.1) is 6.61 Å². The second-order valence-corrected chi connectivity index (χ2v) is 4.00. The number of ether oxygens (including phenoxy) is 1. The molecular formula is C12H16N2O4. The molecule has 0 unspecified atom stereocenters. The molecule has 98 valence electrons. The second kappa shape index (κ2) is 5.70. The number of fused-ring (bicyclic) bond motifs is 1. The zero-order valence-corrected chi connectivity index (χ0v) is 10.2. The normalized spacial score (nSPS) is 13.3. The lowest BCUT2D eigenvalue weighted by molar-refractivity contribution is -0.118. The molecule has 6 heteroatoms. The molecule has 1 aliphatic rings. The summed E-state index contributed by atoms with van der Waals surface area (Å²) in [4.78, 5) is 15.6. The summed E-state index contributed by atoms with van der Waals surface area (Å²) in [5, 5.41) is 12.9. The highest BCUT2D eigenvalue weighted by atomic mass is 16.9. The Morgan fingerprint density at radius 1 is 1.61 bits per heavy atom. The van der Waals surface area contributed by atoms with Crippen molar-refractivity contribution in [3.63, 3.8) is 0 Å². The number of amides is 1. The first-order chi connectivity index (χ1) is 8.68. The monoisotopic (exact) mass is 252 g/mol. The van der Waals surface area contributed by atoms with Crippen LogP contribution in [0.2, 0.25) is 0 Å². The standard InChI is InChI=1S/C12H16N2O4/c1-9(15)13-6-3-7-17-11-5-2-4-10-8-18-14(16)12(10)11/h2,4-5,16H,3,6-8H2,1H3,(H,13,15). The van der Waals surface area contributed by atoms with Gasteiger partial charge in [-0.15, -0.1) is 5.23 Å². The van der Waals surface area contributed by atoms with E-state index in [0.29, 0.717) is 37.6 Å². The van der Waals surface area contributed by atoms with Crippen molar-refractivity contribution in [3.05, 3.63) is 23.8 Å². The maximum absolute atomic E-state index is 10.7. The molecule has 18 heavy (non-hydrogen) atoms. The largest absolute Gasteiger partial charge is 0.491 e. The predicted molar refractivity (Wildman–Crippen MR) is 64.3 cm³/mol. The summed E-state index contributed by atoms with van der Waals surface area (Å²) < 4.78 is 5.57. The molecule has 1 aliphatic heterocycles. The number of hydrogen-bond acceptors (Lipinski definition) is 5. The van der Waals surface area contributed by atoms with Gasteiger partial charge in [0, 0.05) is 19.0 Å². The maximum atomic E-state index is 10.7. The van der Waals surface area contributed by atoms with Crippen LogP contribution in [-0.4, -0.2) is 24.3 Å². The Kier molecular flexibility index (Phi) is 4.01. The van der Waals surface area contributed by atoms with E-state index >= 15 is 0 Å². The average Bonchev–Trinajstić information content (AvgIpc) is 2.71. The van der Waals surface area contributed by atoms with Crippen LogP contribution in [-0.2, 0) is 16.2 Å². The van der Waals surface area contributed by atoms with Crippen LogP contribution >= 0.6 is 0 Å². The molecule has 1 aromatic rings. The van der Waals surface area contributed by atoms with Gasteiger partial charge < -0.3 is 10.1 Å². The summed E-state index contributed by atoms with van der Waals surface area (Å²) in [6, 6.07) is 5.50. The maximum Gasteiger partial charge on any atom is 0.216 e. The minimum atomic E-state index is -0.0504. The molecule has 0 aromatic heterocycles. The van der Waals surface area contributed by atoms with Crippen molar-refractivity contribution in [2.24, 2.45) is 0 Å². The van der Waals surface area contributed by atoms with Crippen LogP contribution in [0.4, 0.5) is 5.69 Å². The third kappa shape index (κ3) is 2.91. The summed E-state index contributed by atoms with van der Waals surface area (Å²) >= 11 is 0. The molecule has 1 heterocycles. The molecule has 0 atom stereocenters. The first kappa shape index (κ1) is 12.7. The van der Waals surface area contributed by atoms with E-state index in [1.54, 1.807) is 6.07 Å². The van der Waals surface area contributed by atoms with E-state index in [-0.39, 0.29) is 5.91 Å². The van der Waals surface area contributed by atoms with E-state index < -0.39 is 0 Å². The fraction of sp³-hybridized carbons (Fsp3) is 0.417. The molecule has 0 saturated carbocycles. The lowest BCUT2D eigenvalue weighted by atomic mass is 10.2. The molecule has 2 N–H and O–H groups in total. The van der Waals surface area contributed by atoms with Crippen molar-refractivity contribution >= 4 is 11.6 Å². The summed E-state index contributed by atoms with van der Waals surface area (Å²) in [7, 11) is 0. The number of carbonyl (C=O) groups is 1. The molecule has 0 fully saturated rings. The number of nitrogens with zero attached hydrogens (tertiary/aromatic N) is 1. The fourth-order valence-electron chi connectivity index (χ4n) is 1.73. The fourth-order valence-corrected chi connectivity index (χ4v) is 1.73. The minimum Gasteiger partial charge on any atom is -0.491 e. The summed E-state index contributed by atoms with van der Waals surface area (Å²) in [5.41, 5.74) is 1.44. The summed E-state index contributed by atoms with van der Waals surface area (Å²) in [6.45, 7) is 2.86. The van der Waals surface area contributed by atoms with Gasteiger partial charge in [0.25, 0.3) is 0 Å². The lowest BCUT2D eigenvalue weighted by Crippen LogP contribution is -2.22. The van der Waals surface area contributed by atoms with Gasteiger partial charge >= 0.3 is 0 Å². The molecule has 6 nitrogen and oxygen atoms in total. The Labute approximate surface area is 105 Å². The Bertz CT molecular complexity index is 436. The number of benzene rings is 1. The SMILES string of the molecule is CC(=O)NCCCOc1cccc2c1N(O)OC2. The second-order valence-electron chi connectivity index (χ2n) is 4.00. The topological polar surface area (TPSA) is 71.0 Å². The molecule has 0 spiro atoms. The van der Waals surface area contributed by atoms with Crippen LogP contribution in [0.25, 0.3) is 0 Å². The van der Waals surface area contributed by atoms with Crippen LogP contribution in [0.3, 0.4) is 0 Å². The van der Waals surface area contributed by atoms with Gasteiger partial charge in [0.1, 0.15) is 18.0 Å². The van der Waals surface area contributed by atoms with Crippen molar-refractivity contribution in [2.75, 3.05) is 18.4 Å². The third-order valence-corrected chi connectivity index (χ3v) is 2.57. The van der Waals surface area contributed by atoms with Crippen molar-refractivity contribution in [2.45, 2.75) is 20.0 Å². The molecular weight excluding hydrogens is 236 g/mol. The van der Waals surface area contributed by atoms with Gasteiger partial charge in [-0.05, 0) is 12.5 Å². The first-order valence-electron chi connectivity index (χ1n) is 5.79. The number of hydrogen-bond donors (Lipinski definition) is 2. The lowest BCUT2D eigenvalue weighted by Gasteiger charge is -2.13. The van der Waals surface area contributed by atoms with Gasteiger partial charge in [0.2, 0.25) is 5.91 Å². The van der Waals surface area contributed by atoms with Crippen LogP contribution in [0.1, 0.15) is 18.9 Å². The van der Waals surface area contributed by atoms with Gasteiger partial charge in [0.15, 0.2) is 0 Å². The third-order valence-electron chi connectivity index (χ3n) is 2.57. The van der Waals surface area contributed by atoms with Gasteiger partial charge in [-0.1, -0.05) is 12.1 Å². The van der Waals surface area contributed by atoms with E-state index in [9.17, 15) is 10.0 Å². The van der Waals surface area contributed by atoms with Crippen LogP contribution in [0.5, 0.6) is 5.75 Å². The van der Waals surface area contributed by atoms with Crippen molar-refractivity contribution in [3.8, 4) is 5.75 Å². The first-order valence-corrected chi connectivity index (χ1v) is 5.79. The number of nitrogens with one attached hydrogen (secondary N) is 1. The van der Waals surface area contributed by atoms with E-state index in [2.05, 4.69) is 5.32 Å². The highest BCUT2D eigenvalue weighted by molar-refractivity contribution is 5.72. The molecule has 0 saturated heterocycles. The van der Waals surface area contributed by atoms with Crippen LogP contribution in [0.15, 0.2) is 18.2 Å². The molecule has 1 aromatic carbocycles. The average molecular weight is 252 g/mol. The Morgan fingerprint density at radius 3 is 3.22 bits per heavy atom. The van der Waals surface area contributed by atoms with Crippen LogP contribution < -0.4 is 15.3 Å². The number of carbonyl (C=O) groups excluding carboxylic acids is 1. The predicted octanol–water partition coefficient (Wildman–Crippen LogP) is 1.23. The smallest absolute Gasteiger partial charge is 0.216 e. The van der Waals surface area contributed by atoms with Crippen molar-refractivity contribution < 1.29 is 19.6 Å². The van der Waals surface area contributed by atoms with Gasteiger partial charge in [-0.25, -0.2) is 4.84 Å². The van der Waals surface area contributed by atoms with Crippen molar-refractivity contribution in [1.82, 2.24) is 5.32 Å². The van der Waals surface area contributed by atoms with Crippen molar-refractivity contribution in [1.29, 1.82) is 0 Å². The molecule has 2 rings (SSSR count). The summed E-state index contributed by atoms with van der Waals surface area (Å²) in [6.07, 6.45) is 0.704.